The number of phenolic OH excluding ortho intramolecular Hbond substituents is 1. The summed E-state index contributed by atoms with van der Waals surface area (Å²) in [5.41, 5.74) is 0. The third kappa shape index (κ3) is 2.82. The normalized spacial score (nSPS) is 10.4. The Morgan fingerprint density at radius 2 is 2.00 bits per heavy atom. The maximum Gasteiger partial charge on any atom is 0.371 e. The van der Waals surface area contributed by atoms with Gasteiger partial charge in [0, 0.05) is 4.90 Å². The number of benzene rings is 1. The van der Waals surface area contributed by atoms with E-state index in [2.05, 4.69) is 0 Å². The van der Waals surface area contributed by atoms with Gasteiger partial charge in [0.1, 0.15) is 11.5 Å². The molecule has 5 heteroatoms. The lowest BCUT2D eigenvalue weighted by Crippen LogP contribution is -1.91. The number of carboxylic acid groups (broad SMARTS) is 1. The van der Waals surface area contributed by atoms with Crippen LogP contribution >= 0.6 is 11.8 Å². The molecule has 0 aliphatic carbocycles. The second-order valence-electron chi connectivity index (χ2n) is 3.33. The van der Waals surface area contributed by atoms with E-state index in [1.54, 1.807) is 24.3 Å². The van der Waals surface area contributed by atoms with E-state index in [-0.39, 0.29) is 11.5 Å². The lowest BCUT2D eigenvalue weighted by Gasteiger charge is -2.01. The van der Waals surface area contributed by atoms with Crippen LogP contribution in [0.5, 0.6) is 5.75 Å². The Morgan fingerprint density at radius 3 is 2.65 bits per heavy atom. The van der Waals surface area contributed by atoms with Crippen molar-refractivity contribution < 1.29 is 19.4 Å². The summed E-state index contributed by atoms with van der Waals surface area (Å²) < 4.78 is 5.10. The molecule has 0 aliphatic rings. The zero-order chi connectivity index (χ0) is 12.3. The van der Waals surface area contributed by atoms with Gasteiger partial charge in [-0.3, -0.25) is 0 Å². The van der Waals surface area contributed by atoms with Crippen LogP contribution in [0.3, 0.4) is 0 Å². The van der Waals surface area contributed by atoms with Crippen LogP contribution in [0.25, 0.3) is 0 Å². The predicted octanol–water partition coefficient (Wildman–Crippen LogP) is 2.98. The molecular formula is C12H10O4S. The van der Waals surface area contributed by atoms with Crippen LogP contribution in [-0.2, 0) is 5.75 Å². The first-order chi connectivity index (χ1) is 8.16. The summed E-state index contributed by atoms with van der Waals surface area (Å²) in [5, 5.41) is 18.2. The van der Waals surface area contributed by atoms with E-state index in [9.17, 15) is 9.90 Å². The largest absolute Gasteiger partial charge is 0.507 e. The standard InChI is InChI=1S/C12H10O4S/c13-9-3-1-2-4-11(9)17-7-8-5-6-10(16-8)12(14)15/h1-6,13H,7H2,(H,14,15). The van der Waals surface area contributed by atoms with Gasteiger partial charge >= 0.3 is 5.97 Å². The van der Waals surface area contributed by atoms with Crippen molar-refractivity contribution in [3.05, 3.63) is 47.9 Å². The summed E-state index contributed by atoms with van der Waals surface area (Å²) >= 11 is 1.39. The van der Waals surface area contributed by atoms with Gasteiger partial charge in [-0.1, -0.05) is 12.1 Å². The summed E-state index contributed by atoms with van der Waals surface area (Å²) in [6.07, 6.45) is 0. The Kier molecular flexibility index (Phi) is 3.39. The first-order valence-electron chi connectivity index (χ1n) is 4.89. The lowest BCUT2D eigenvalue weighted by atomic mass is 10.3. The molecule has 0 unspecified atom stereocenters. The number of hydrogen-bond acceptors (Lipinski definition) is 4. The monoisotopic (exact) mass is 250 g/mol. The molecule has 17 heavy (non-hydrogen) atoms. The maximum absolute atomic E-state index is 10.6. The molecule has 0 saturated heterocycles. The molecule has 0 spiro atoms. The maximum atomic E-state index is 10.6. The smallest absolute Gasteiger partial charge is 0.371 e. The number of thioether (sulfide) groups is 1. The molecule has 0 atom stereocenters. The summed E-state index contributed by atoms with van der Waals surface area (Å²) in [6.45, 7) is 0. The Labute approximate surface area is 102 Å². The summed E-state index contributed by atoms with van der Waals surface area (Å²) in [7, 11) is 0. The third-order valence-electron chi connectivity index (χ3n) is 2.11. The van der Waals surface area contributed by atoms with E-state index in [1.807, 2.05) is 6.07 Å². The van der Waals surface area contributed by atoms with Crippen molar-refractivity contribution in [1.82, 2.24) is 0 Å². The lowest BCUT2D eigenvalue weighted by molar-refractivity contribution is 0.0661. The van der Waals surface area contributed by atoms with Gasteiger partial charge in [0.2, 0.25) is 5.76 Å². The topological polar surface area (TPSA) is 70.7 Å². The van der Waals surface area contributed by atoms with E-state index in [0.717, 1.165) is 4.90 Å². The quantitative estimate of drug-likeness (QED) is 0.816. The van der Waals surface area contributed by atoms with Crippen molar-refractivity contribution in [3.63, 3.8) is 0 Å². The van der Waals surface area contributed by atoms with Gasteiger partial charge in [-0.15, -0.1) is 11.8 Å². The van der Waals surface area contributed by atoms with Gasteiger partial charge in [0.05, 0.1) is 5.75 Å². The predicted molar refractivity (Wildman–Crippen MR) is 63.3 cm³/mol. The van der Waals surface area contributed by atoms with E-state index in [4.69, 9.17) is 9.52 Å². The highest BCUT2D eigenvalue weighted by Gasteiger charge is 2.09. The molecule has 4 nitrogen and oxygen atoms in total. The number of hydrogen-bond donors (Lipinski definition) is 2. The van der Waals surface area contributed by atoms with Crippen molar-refractivity contribution in [3.8, 4) is 5.75 Å². The highest BCUT2D eigenvalue weighted by atomic mass is 32.2. The fraction of sp³-hybridized carbons (Fsp3) is 0.0833. The number of aromatic carboxylic acids is 1. The van der Waals surface area contributed by atoms with E-state index >= 15 is 0 Å². The molecule has 0 radical (unpaired) electrons. The highest BCUT2D eigenvalue weighted by molar-refractivity contribution is 7.98. The molecule has 2 aromatic rings. The van der Waals surface area contributed by atoms with Crippen molar-refractivity contribution in [2.24, 2.45) is 0 Å². The van der Waals surface area contributed by atoms with Gasteiger partial charge in [-0.25, -0.2) is 4.79 Å². The number of aromatic hydroxyl groups is 1. The van der Waals surface area contributed by atoms with Gasteiger partial charge in [0.15, 0.2) is 0 Å². The number of furan rings is 1. The zero-order valence-corrected chi connectivity index (χ0v) is 9.61. The number of phenols is 1. The Balaban J connectivity index is 2.02. The number of rotatable bonds is 4. The van der Waals surface area contributed by atoms with E-state index < -0.39 is 5.97 Å². The Bertz CT molecular complexity index is 533. The molecule has 2 N–H and O–H groups in total. The van der Waals surface area contributed by atoms with Crippen LogP contribution in [0.1, 0.15) is 16.3 Å². The van der Waals surface area contributed by atoms with Crippen LogP contribution in [0.4, 0.5) is 0 Å². The first-order valence-corrected chi connectivity index (χ1v) is 5.88. The Hall–Kier alpha value is -1.88. The second-order valence-corrected chi connectivity index (χ2v) is 4.34. The molecule has 0 bridgehead atoms. The molecule has 2 rings (SSSR count). The minimum atomic E-state index is -1.08. The molecular weight excluding hydrogens is 240 g/mol. The summed E-state index contributed by atoms with van der Waals surface area (Å²) in [6, 6.07) is 10.0. The SMILES string of the molecule is O=C(O)c1ccc(CSc2ccccc2O)o1. The fourth-order valence-corrected chi connectivity index (χ4v) is 2.14. The Morgan fingerprint density at radius 1 is 1.24 bits per heavy atom. The third-order valence-corrected chi connectivity index (χ3v) is 3.19. The molecule has 0 aliphatic heterocycles. The van der Waals surface area contributed by atoms with Crippen molar-refractivity contribution in [2.75, 3.05) is 0 Å². The number of carbonyl (C=O) groups is 1. The van der Waals surface area contributed by atoms with Crippen molar-refractivity contribution in [1.29, 1.82) is 0 Å². The van der Waals surface area contributed by atoms with Crippen LogP contribution < -0.4 is 0 Å². The molecule has 0 saturated carbocycles. The summed E-state index contributed by atoms with van der Waals surface area (Å²) in [4.78, 5) is 11.3. The van der Waals surface area contributed by atoms with Crippen LogP contribution in [-0.4, -0.2) is 16.2 Å². The van der Waals surface area contributed by atoms with E-state index in [0.29, 0.717) is 11.5 Å². The van der Waals surface area contributed by atoms with Gasteiger partial charge in [-0.05, 0) is 24.3 Å². The van der Waals surface area contributed by atoms with Gasteiger partial charge in [0.25, 0.3) is 0 Å². The molecule has 1 heterocycles. The average molecular weight is 250 g/mol. The average Bonchev–Trinajstić information content (AvgIpc) is 2.77. The minimum Gasteiger partial charge on any atom is -0.507 e. The van der Waals surface area contributed by atoms with E-state index in [1.165, 1.54) is 17.8 Å². The highest BCUT2D eigenvalue weighted by Crippen LogP contribution is 2.30. The summed E-state index contributed by atoms with van der Waals surface area (Å²) in [5.74, 6) is 0.102. The van der Waals surface area contributed by atoms with Crippen LogP contribution in [0.2, 0.25) is 0 Å². The second kappa shape index (κ2) is 4.97. The number of carboxylic acids is 1. The molecule has 1 aromatic heterocycles. The van der Waals surface area contributed by atoms with Crippen LogP contribution in [0, 0.1) is 0 Å². The van der Waals surface area contributed by atoms with Crippen molar-refractivity contribution >= 4 is 17.7 Å². The molecule has 0 fully saturated rings. The molecule has 0 amide bonds. The van der Waals surface area contributed by atoms with Crippen molar-refractivity contribution in [2.45, 2.75) is 10.6 Å². The zero-order valence-electron chi connectivity index (χ0n) is 8.79. The van der Waals surface area contributed by atoms with Gasteiger partial charge in [-0.2, -0.15) is 0 Å². The fourth-order valence-electron chi connectivity index (χ4n) is 1.30. The minimum absolute atomic E-state index is 0.0714. The first kappa shape index (κ1) is 11.6. The van der Waals surface area contributed by atoms with Crippen LogP contribution in [0.15, 0.2) is 45.7 Å². The molecule has 1 aromatic carbocycles. The van der Waals surface area contributed by atoms with Gasteiger partial charge < -0.3 is 14.6 Å². The molecule has 88 valence electrons. The number of para-hydroxylation sites is 1.